The minimum Gasteiger partial charge on any atom is -0.470 e. The van der Waals surface area contributed by atoms with Crippen LogP contribution in [0.5, 0.6) is 5.88 Å². The Bertz CT molecular complexity index is 339. The fourth-order valence-corrected chi connectivity index (χ4v) is 1.06. The minimum absolute atomic E-state index is 0.0319. The Hall–Kier alpha value is -1.17. The van der Waals surface area contributed by atoms with Crippen molar-refractivity contribution in [2.24, 2.45) is 0 Å². The lowest BCUT2D eigenvalue weighted by molar-refractivity contribution is 0.0796. The second-order valence-corrected chi connectivity index (χ2v) is 3.38. The second kappa shape index (κ2) is 6.42. The summed E-state index contributed by atoms with van der Waals surface area (Å²) in [4.78, 5) is 7.75. The number of alkyl halides is 2. The summed E-state index contributed by atoms with van der Waals surface area (Å²) in [6.45, 7) is 1.94. The number of hydrogen-bond acceptors (Lipinski definition) is 4. The lowest BCUT2D eigenvalue weighted by atomic mass is 10.5. The molecule has 0 aliphatic heterocycles. The lowest BCUT2D eigenvalue weighted by Crippen LogP contribution is -2.10. The Labute approximate surface area is 97.0 Å². The molecule has 16 heavy (non-hydrogen) atoms. The molecule has 1 rings (SSSR count). The molecule has 0 spiro atoms. The van der Waals surface area contributed by atoms with Crippen molar-refractivity contribution in [1.82, 2.24) is 9.97 Å². The summed E-state index contributed by atoms with van der Waals surface area (Å²) in [5, 5.41) is 3.01. The Kier molecular flexibility index (Phi) is 5.18. The molecule has 1 N–H and O–H groups in total. The van der Waals surface area contributed by atoms with Crippen molar-refractivity contribution in [2.45, 2.75) is 19.8 Å². The van der Waals surface area contributed by atoms with Gasteiger partial charge in [0.25, 0.3) is 6.43 Å². The standard InChI is InChI=1S/C9H12ClF2N3O/c1-2-3-13-9-14-4-6(10)8(15-9)16-5-7(11)12/h4,7H,2-3,5H2,1H3,(H,13,14,15). The number of hydrogen-bond donors (Lipinski definition) is 1. The number of nitrogens with one attached hydrogen (secondary N) is 1. The molecule has 0 atom stereocenters. The molecule has 0 unspecified atom stereocenters. The van der Waals surface area contributed by atoms with Crippen LogP contribution < -0.4 is 10.1 Å². The van der Waals surface area contributed by atoms with Crippen LogP contribution in [-0.4, -0.2) is 29.5 Å². The molecule has 0 saturated carbocycles. The number of anilines is 1. The number of rotatable bonds is 6. The van der Waals surface area contributed by atoms with Crippen molar-refractivity contribution in [2.75, 3.05) is 18.5 Å². The van der Waals surface area contributed by atoms with Crippen LogP contribution in [-0.2, 0) is 0 Å². The quantitative estimate of drug-likeness (QED) is 0.844. The van der Waals surface area contributed by atoms with Crippen LogP contribution in [0.15, 0.2) is 6.20 Å². The van der Waals surface area contributed by atoms with Crippen molar-refractivity contribution in [3.05, 3.63) is 11.2 Å². The molecular formula is C9H12ClF2N3O. The number of nitrogens with zero attached hydrogens (tertiary/aromatic N) is 2. The van der Waals surface area contributed by atoms with Crippen LogP contribution in [0.25, 0.3) is 0 Å². The van der Waals surface area contributed by atoms with E-state index < -0.39 is 13.0 Å². The van der Waals surface area contributed by atoms with Crippen molar-refractivity contribution in [1.29, 1.82) is 0 Å². The molecule has 0 radical (unpaired) electrons. The molecule has 0 aromatic carbocycles. The minimum atomic E-state index is -2.56. The summed E-state index contributed by atoms with van der Waals surface area (Å²) in [7, 11) is 0. The second-order valence-electron chi connectivity index (χ2n) is 2.98. The highest BCUT2D eigenvalue weighted by Gasteiger charge is 2.09. The van der Waals surface area contributed by atoms with Crippen molar-refractivity contribution in [3.63, 3.8) is 0 Å². The van der Waals surface area contributed by atoms with E-state index in [4.69, 9.17) is 16.3 Å². The zero-order chi connectivity index (χ0) is 12.0. The van der Waals surface area contributed by atoms with Crippen molar-refractivity contribution < 1.29 is 13.5 Å². The summed E-state index contributed by atoms with van der Waals surface area (Å²) in [6, 6.07) is 0. The zero-order valence-electron chi connectivity index (χ0n) is 8.71. The highest BCUT2D eigenvalue weighted by Crippen LogP contribution is 2.22. The van der Waals surface area contributed by atoms with Gasteiger partial charge in [-0.2, -0.15) is 4.98 Å². The van der Waals surface area contributed by atoms with Gasteiger partial charge in [0.2, 0.25) is 11.8 Å². The molecule has 4 nitrogen and oxygen atoms in total. The first-order valence-corrected chi connectivity index (χ1v) is 5.18. The number of aromatic nitrogens is 2. The van der Waals surface area contributed by atoms with Crippen LogP contribution in [0.3, 0.4) is 0 Å². The lowest BCUT2D eigenvalue weighted by Gasteiger charge is -2.08. The molecule has 0 saturated heterocycles. The van der Waals surface area contributed by atoms with Crippen molar-refractivity contribution in [3.8, 4) is 5.88 Å². The average molecular weight is 252 g/mol. The van der Waals surface area contributed by atoms with E-state index in [1.165, 1.54) is 6.20 Å². The first kappa shape index (κ1) is 12.9. The van der Waals surface area contributed by atoms with Gasteiger partial charge in [0.05, 0.1) is 6.20 Å². The highest BCUT2D eigenvalue weighted by atomic mass is 35.5. The third-order valence-corrected chi connectivity index (χ3v) is 1.85. The van der Waals surface area contributed by atoms with E-state index in [1.807, 2.05) is 6.92 Å². The summed E-state index contributed by atoms with van der Waals surface area (Å²) >= 11 is 5.69. The number of ether oxygens (including phenoxy) is 1. The first-order valence-electron chi connectivity index (χ1n) is 4.80. The fraction of sp³-hybridized carbons (Fsp3) is 0.556. The van der Waals surface area contributed by atoms with E-state index in [0.717, 1.165) is 6.42 Å². The van der Waals surface area contributed by atoms with Gasteiger partial charge in [0.1, 0.15) is 5.02 Å². The Morgan fingerprint density at radius 2 is 2.31 bits per heavy atom. The molecule has 0 aliphatic carbocycles. The smallest absolute Gasteiger partial charge is 0.272 e. The van der Waals surface area contributed by atoms with Gasteiger partial charge < -0.3 is 10.1 Å². The van der Waals surface area contributed by atoms with Gasteiger partial charge in [-0.05, 0) is 6.42 Å². The van der Waals surface area contributed by atoms with E-state index in [-0.39, 0.29) is 10.9 Å². The summed E-state index contributed by atoms with van der Waals surface area (Å²) in [5.41, 5.74) is 0. The zero-order valence-corrected chi connectivity index (χ0v) is 9.47. The molecule has 90 valence electrons. The third-order valence-electron chi connectivity index (χ3n) is 1.59. The Morgan fingerprint density at radius 3 is 2.94 bits per heavy atom. The Morgan fingerprint density at radius 1 is 1.56 bits per heavy atom. The predicted molar refractivity (Wildman–Crippen MR) is 57.3 cm³/mol. The number of halogens is 3. The predicted octanol–water partition coefficient (Wildman–Crippen LogP) is 2.60. The molecule has 0 fully saturated rings. The maximum atomic E-state index is 11.9. The van der Waals surface area contributed by atoms with Gasteiger partial charge in [-0.3, -0.25) is 0 Å². The highest BCUT2D eigenvalue weighted by molar-refractivity contribution is 6.31. The van der Waals surface area contributed by atoms with E-state index in [1.54, 1.807) is 0 Å². The largest absolute Gasteiger partial charge is 0.470 e. The molecule has 0 bridgehead atoms. The molecule has 0 amide bonds. The average Bonchev–Trinajstić information content (AvgIpc) is 2.26. The van der Waals surface area contributed by atoms with Gasteiger partial charge in [0.15, 0.2) is 6.61 Å². The monoisotopic (exact) mass is 251 g/mol. The molecule has 1 aromatic heterocycles. The van der Waals surface area contributed by atoms with E-state index in [2.05, 4.69) is 15.3 Å². The molecular weight excluding hydrogens is 240 g/mol. The van der Waals surface area contributed by atoms with Gasteiger partial charge in [-0.25, -0.2) is 13.8 Å². The van der Waals surface area contributed by atoms with Crippen LogP contribution in [0.2, 0.25) is 5.02 Å². The van der Waals surface area contributed by atoms with Crippen LogP contribution in [0.4, 0.5) is 14.7 Å². The molecule has 1 heterocycles. The fourth-order valence-electron chi connectivity index (χ4n) is 0.917. The van der Waals surface area contributed by atoms with Gasteiger partial charge in [-0.15, -0.1) is 0 Å². The third kappa shape index (κ3) is 4.14. The van der Waals surface area contributed by atoms with Gasteiger partial charge in [0, 0.05) is 6.54 Å². The maximum absolute atomic E-state index is 11.9. The van der Waals surface area contributed by atoms with Crippen molar-refractivity contribution >= 4 is 17.5 Å². The van der Waals surface area contributed by atoms with Crippen LogP contribution >= 0.6 is 11.6 Å². The molecule has 0 aliphatic rings. The van der Waals surface area contributed by atoms with E-state index >= 15 is 0 Å². The Balaban J connectivity index is 2.66. The SMILES string of the molecule is CCCNc1ncc(Cl)c(OCC(F)F)n1. The summed E-state index contributed by atoms with van der Waals surface area (Å²) in [5.74, 6) is 0.283. The molecule has 1 aromatic rings. The van der Waals surface area contributed by atoms with Gasteiger partial charge in [-0.1, -0.05) is 18.5 Å². The maximum Gasteiger partial charge on any atom is 0.272 e. The normalized spacial score (nSPS) is 10.6. The van der Waals surface area contributed by atoms with E-state index in [0.29, 0.717) is 12.5 Å². The van der Waals surface area contributed by atoms with Crippen LogP contribution in [0, 0.1) is 0 Å². The topological polar surface area (TPSA) is 47.0 Å². The summed E-state index contributed by atoms with van der Waals surface area (Å²) in [6.07, 6.45) is -0.342. The van der Waals surface area contributed by atoms with Gasteiger partial charge >= 0.3 is 0 Å². The molecule has 7 heteroatoms. The first-order chi connectivity index (χ1) is 7.63. The van der Waals surface area contributed by atoms with Crippen LogP contribution in [0.1, 0.15) is 13.3 Å². The van der Waals surface area contributed by atoms with E-state index in [9.17, 15) is 8.78 Å². The summed E-state index contributed by atoms with van der Waals surface area (Å²) < 4.78 is 28.6.